The van der Waals surface area contributed by atoms with Gasteiger partial charge >= 0.3 is 0 Å². The summed E-state index contributed by atoms with van der Waals surface area (Å²) in [6.07, 6.45) is 3.56. The van der Waals surface area contributed by atoms with Gasteiger partial charge in [0.2, 0.25) is 5.91 Å². The monoisotopic (exact) mass is 341 g/mol. The number of pyridine rings is 1. The molecule has 6 nitrogen and oxygen atoms in total. The first-order chi connectivity index (χ1) is 12.1. The van der Waals surface area contributed by atoms with Gasteiger partial charge in [-0.3, -0.25) is 9.69 Å². The van der Waals surface area contributed by atoms with E-state index in [0.717, 1.165) is 57.8 Å². The van der Waals surface area contributed by atoms with Crippen molar-refractivity contribution in [2.24, 2.45) is 5.92 Å². The molecule has 6 heteroatoms. The molecule has 1 aromatic heterocycles. The van der Waals surface area contributed by atoms with Crippen molar-refractivity contribution >= 4 is 17.4 Å². The van der Waals surface area contributed by atoms with Crippen LogP contribution in [0.25, 0.3) is 4.85 Å². The molecule has 1 aromatic rings. The minimum absolute atomic E-state index is 0.150. The second-order valence-electron chi connectivity index (χ2n) is 7.20. The van der Waals surface area contributed by atoms with Crippen LogP contribution in [0.3, 0.4) is 0 Å². The second-order valence-corrected chi connectivity index (χ2v) is 7.20. The first-order valence-electron chi connectivity index (χ1n) is 9.20. The molecule has 0 spiro atoms. The highest BCUT2D eigenvalue weighted by Crippen LogP contribution is 2.25. The van der Waals surface area contributed by atoms with Crippen LogP contribution < -0.4 is 4.90 Å². The van der Waals surface area contributed by atoms with Crippen LogP contribution in [0.15, 0.2) is 18.3 Å². The first-order valence-corrected chi connectivity index (χ1v) is 9.20. The van der Waals surface area contributed by atoms with E-state index < -0.39 is 0 Å². The summed E-state index contributed by atoms with van der Waals surface area (Å²) in [5.74, 6) is 0.913. The third kappa shape index (κ3) is 4.10. The van der Waals surface area contributed by atoms with E-state index in [1.54, 1.807) is 12.3 Å². The molecule has 0 radical (unpaired) electrons. The average molecular weight is 341 g/mol. The van der Waals surface area contributed by atoms with E-state index in [2.05, 4.69) is 38.4 Å². The Balaban J connectivity index is 1.50. The van der Waals surface area contributed by atoms with E-state index in [9.17, 15) is 4.79 Å². The lowest BCUT2D eigenvalue weighted by Crippen LogP contribution is -2.53. The van der Waals surface area contributed by atoms with E-state index in [1.807, 2.05) is 6.07 Å². The fourth-order valence-electron chi connectivity index (χ4n) is 3.73. The minimum atomic E-state index is 0.150. The molecule has 3 rings (SSSR count). The lowest BCUT2D eigenvalue weighted by molar-refractivity contribution is -0.138. The molecule has 2 fully saturated rings. The van der Waals surface area contributed by atoms with Gasteiger partial charge in [0.1, 0.15) is 6.20 Å². The summed E-state index contributed by atoms with van der Waals surface area (Å²) >= 11 is 0. The van der Waals surface area contributed by atoms with Crippen LogP contribution in [0, 0.1) is 12.5 Å². The number of nitrogens with zero attached hydrogens (tertiary/aromatic N) is 5. The van der Waals surface area contributed by atoms with Gasteiger partial charge in [-0.1, -0.05) is 6.57 Å². The summed E-state index contributed by atoms with van der Waals surface area (Å²) in [5.41, 5.74) is 1.05. The third-order valence-electron chi connectivity index (χ3n) is 5.41. The number of anilines is 1. The van der Waals surface area contributed by atoms with Gasteiger partial charge in [0.15, 0.2) is 0 Å². The molecule has 0 bridgehead atoms. The number of amides is 1. The number of carbonyl (C=O) groups is 1. The van der Waals surface area contributed by atoms with Crippen molar-refractivity contribution in [1.29, 1.82) is 0 Å². The Hall–Kier alpha value is -2.13. The molecule has 3 heterocycles. The van der Waals surface area contributed by atoms with E-state index in [1.165, 1.54) is 0 Å². The Morgan fingerprint density at radius 2 is 1.84 bits per heavy atom. The van der Waals surface area contributed by atoms with Crippen molar-refractivity contribution in [3.8, 4) is 0 Å². The molecular formula is C19H27N5O. The molecule has 2 saturated heterocycles. The summed E-state index contributed by atoms with van der Waals surface area (Å²) in [6.45, 7) is 16.8. The van der Waals surface area contributed by atoms with Crippen LogP contribution in [0.5, 0.6) is 0 Å². The summed E-state index contributed by atoms with van der Waals surface area (Å²) in [6, 6.07) is 4.27. The van der Waals surface area contributed by atoms with Gasteiger partial charge in [0, 0.05) is 51.2 Å². The summed E-state index contributed by atoms with van der Waals surface area (Å²) in [4.78, 5) is 27.0. The molecule has 2 aliphatic rings. The smallest absolute Gasteiger partial charge is 0.269 e. The van der Waals surface area contributed by atoms with Crippen molar-refractivity contribution < 1.29 is 4.79 Å². The molecule has 1 amide bonds. The van der Waals surface area contributed by atoms with E-state index in [-0.39, 0.29) is 5.92 Å². The molecule has 134 valence electrons. The molecule has 0 unspecified atom stereocenters. The van der Waals surface area contributed by atoms with Gasteiger partial charge in [-0.05, 0) is 38.8 Å². The molecule has 25 heavy (non-hydrogen) atoms. The molecule has 0 atom stereocenters. The molecule has 0 aliphatic carbocycles. The summed E-state index contributed by atoms with van der Waals surface area (Å²) in [7, 11) is 0. The molecule has 0 N–H and O–H groups in total. The Morgan fingerprint density at radius 1 is 1.16 bits per heavy atom. The zero-order valence-electron chi connectivity index (χ0n) is 15.2. The quantitative estimate of drug-likeness (QED) is 0.792. The van der Waals surface area contributed by atoms with Crippen molar-refractivity contribution in [3.63, 3.8) is 0 Å². The van der Waals surface area contributed by atoms with Gasteiger partial charge in [-0.25, -0.2) is 0 Å². The first kappa shape index (κ1) is 17.7. The lowest BCUT2D eigenvalue weighted by Gasteiger charge is -2.40. The second kappa shape index (κ2) is 7.83. The summed E-state index contributed by atoms with van der Waals surface area (Å²) in [5, 5.41) is 0. The fourth-order valence-corrected chi connectivity index (χ4v) is 3.73. The highest BCUT2D eigenvalue weighted by atomic mass is 16.2. The molecule has 2 aliphatic heterocycles. The normalized spacial score (nSPS) is 19.9. The van der Waals surface area contributed by atoms with E-state index in [0.29, 0.717) is 17.8 Å². The fraction of sp³-hybridized carbons (Fsp3) is 0.632. The average Bonchev–Trinajstić information content (AvgIpc) is 2.67. The topological polar surface area (TPSA) is 44.0 Å². The highest BCUT2D eigenvalue weighted by Gasteiger charge is 2.31. The minimum Gasteiger partial charge on any atom is -0.369 e. The summed E-state index contributed by atoms with van der Waals surface area (Å²) < 4.78 is 0. The number of rotatable bonds is 3. The maximum atomic E-state index is 12.8. The van der Waals surface area contributed by atoms with Gasteiger partial charge < -0.3 is 14.6 Å². The van der Waals surface area contributed by atoms with Gasteiger partial charge in [0.25, 0.3) is 5.82 Å². The SMILES string of the molecule is [C-]#[N+]c1ccc(N2CCC(C(=O)N3CCN(C(C)C)CC3)CC2)cn1. The standard InChI is InChI=1S/C19H27N5O/c1-15(2)22-10-12-24(13-11-22)19(25)16-6-8-23(9-7-16)17-4-5-18(20-3)21-14-17/h4-5,14-16H,6-13H2,1-2H3. The van der Waals surface area contributed by atoms with Crippen molar-refractivity contribution in [1.82, 2.24) is 14.8 Å². The number of carbonyl (C=O) groups excluding carboxylic acids is 1. The Bertz CT molecular complexity index is 620. The molecule has 0 saturated carbocycles. The zero-order valence-corrected chi connectivity index (χ0v) is 15.2. The predicted molar refractivity (Wildman–Crippen MR) is 98.7 cm³/mol. The van der Waals surface area contributed by atoms with Crippen LogP contribution in [0.2, 0.25) is 0 Å². The van der Waals surface area contributed by atoms with Crippen molar-refractivity contribution in [2.75, 3.05) is 44.2 Å². The number of aromatic nitrogens is 1. The van der Waals surface area contributed by atoms with Gasteiger partial charge in [-0.15, -0.1) is 4.98 Å². The maximum absolute atomic E-state index is 12.8. The number of piperazine rings is 1. The molecule has 0 aromatic carbocycles. The molecular weight excluding hydrogens is 314 g/mol. The maximum Gasteiger partial charge on any atom is 0.269 e. The van der Waals surface area contributed by atoms with E-state index >= 15 is 0 Å². The number of hydrogen-bond donors (Lipinski definition) is 0. The zero-order chi connectivity index (χ0) is 17.8. The highest BCUT2D eigenvalue weighted by molar-refractivity contribution is 5.79. The van der Waals surface area contributed by atoms with Crippen molar-refractivity contribution in [2.45, 2.75) is 32.7 Å². The van der Waals surface area contributed by atoms with Crippen LogP contribution in [-0.2, 0) is 4.79 Å². The largest absolute Gasteiger partial charge is 0.369 e. The Kier molecular flexibility index (Phi) is 5.54. The van der Waals surface area contributed by atoms with Crippen LogP contribution in [0.1, 0.15) is 26.7 Å². The van der Waals surface area contributed by atoms with Crippen LogP contribution >= 0.6 is 0 Å². The number of hydrogen-bond acceptors (Lipinski definition) is 4. The Morgan fingerprint density at radius 3 is 2.36 bits per heavy atom. The van der Waals surface area contributed by atoms with Crippen LogP contribution in [-0.4, -0.2) is 66.0 Å². The third-order valence-corrected chi connectivity index (χ3v) is 5.41. The van der Waals surface area contributed by atoms with E-state index in [4.69, 9.17) is 6.57 Å². The van der Waals surface area contributed by atoms with Gasteiger partial charge in [0.05, 0.1) is 5.69 Å². The van der Waals surface area contributed by atoms with Crippen LogP contribution in [0.4, 0.5) is 11.5 Å². The van der Waals surface area contributed by atoms with Crippen molar-refractivity contribution in [3.05, 3.63) is 29.7 Å². The lowest BCUT2D eigenvalue weighted by atomic mass is 9.94. The Labute approximate surface area is 150 Å². The number of piperidine rings is 1. The predicted octanol–water partition coefficient (Wildman–Crippen LogP) is 2.40. The van der Waals surface area contributed by atoms with Gasteiger partial charge in [-0.2, -0.15) is 0 Å².